The van der Waals surface area contributed by atoms with Crippen molar-refractivity contribution in [1.29, 1.82) is 0 Å². The van der Waals surface area contributed by atoms with Gasteiger partial charge in [0.15, 0.2) is 0 Å². The van der Waals surface area contributed by atoms with Crippen LogP contribution in [0.4, 0.5) is 4.79 Å². The Hall–Kier alpha value is -3.00. The summed E-state index contributed by atoms with van der Waals surface area (Å²) in [5.41, 5.74) is 4.44. The molecule has 7 nitrogen and oxygen atoms in total. The smallest absolute Gasteiger partial charge is 0.407 e. The van der Waals surface area contributed by atoms with Gasteiger partial charge in [-0.3, -0.25) is 4.79 Å². The molecule has 1 aliphatic carbocycles. The molecule has 0 bridgehead atoms. The van der Waals surface area contributed by atoms with Crippen LogP contribution in [-0.2, 0) is 19.1 Å². The van der Waals surface area contributed by atoms with Gasteiger partial charge in [-0.2, -0.15) is 11.8 Å². The average molecular weight is 654 g/mol. The van der Waals surface area contributed by atoms with Crippen molar-refractivity contribution in [2.24, 2.45) is 0 Å². The molecule has 2 aromatic carbocycles. The minimum Gasteiger partial charge on any atom is -0.480 e. The van der Waals surface area contributed by atoms with Crippen molar-refractivity contribution < 1.29 is 29.0 Å². The first kappa shape index (κ1) is 37.5. The topological polar surface area (TPSA) is 102 Å². The summed E-state index contributed by atoms with van der Waals surface area (Å²) in [5.74, 6) is -0.829. The number of benzene rings is 2. The third kappa shape index (κ3) is 13.8. The standard InChI is InChI=1S/C38H55NO6S/c1-2-3-4-5-6-7-8-9-10-11-12-13-14-15-16-25-36(40)44-26-27-46-29-35(37(41)42)39-38(43)45-28-34-32-23-19-17-21-30(32)31-22-18-20-24-33(31)34/h17-24,34-35H,2-16,25-29H2,1H3,(H,39,43)(H,41,42)/t35-/m0/s1. The van der Waals surface area contributed by atoms with Crippen LogP contribution in [0.2, 0.25) is 0 Å². The van der Waals surface area contributed by atoms with E-state index in [0.717, 1.165) is 41.5 Å². The number of fused-ring (bicyclic) bond motifs is 3. The maximum atomic E-state index is 12.5. The molecule has 1 atom stereocenters. The number of aliphatic carboxylic acids is 1. The highest BCUT2D eigenvalue weighted by atomic mass is 32.2. The van der Waals surface area contributed by atoms with Gasteiger partial charge in [-0.25, -0.2) is 9.59 Å². The van der Waals surface area contributed by atoms with Crippen molar-refractivity contribution >= 4 is 29.8 Å². The number of carbonyl (C=O) groups excluding carboxylic acids is 2. The number of amides is 1. The van der Waals surface area contributed by atoms with Crippen molar-refractivity contribution in [3.63, 3.8) is 0 Å². The molecule has 2 N–H and O–H groups in total. The summed E-state index contributed by atoms with van der Waals surface area (Å²) in [7, 11) is 0. The molecule has 0 aliphatic heterocycles. The zero-order valence-electron chi connectivity index (χ0n) is 27.8. The van der Waals surface area contributed by atoms with E-state index in [1.165, 1.54) is 88.8 Å². The van der Waals surface area contributed by atoms with Crippen LogP contribution in [-0.4, -0.2) is 53.9 Å². The van der Waals surface area contributed by atoms with Gasteiger partial charge in [-0.1, -0.05) is 145 Å². The fraction of sp³-hybridized carbons (Fsp3) is 0.605. The van der Waals surface area contributed by atoms with E-state index < -0.39 is 18.1 Å². The van der Waals surface area contributed by atoms with E-state index in [9.17, 15) is 19.5 Å². The Bertz CT molecular complexity index is 1140. The van der Waals surface area contributed by atoms with Crippen LogP contribution in [0.3, 0.4) is 0 Å². The van der Waals surface area contributed by atoms with Gasteiger partial charge in [0.25, 0.3) is 0 Å². The molecular formula is C38H55NO6S. The van der Waals surface area contributed by atoms with E-state index in [4.69, 9.17) is 9.47 Å². The molecule has 0 radical (unpaired) electrons. The number of carbonyl (C=O) groups is 3. The molecule has 2 aromatic rings. The first-order chi connectivity index (χ1) is 22.5. The fourth-order valence-electron chi connectivity index (χ4n) is 6.09. The molecule has 0 saturated heterocycles. The molecule has 0 fully saturated rings. The Kier molecular flexibility index (Phi) is 18.3. The van der Waals surface area contributed by atoms with Gasteiger partial charge in [-0.15, -0.1) is 0 Å². The van der Waals surface area contributed by atoms with Gasteiger partial charge in [-0.05, 0) is 28.7 Å². The summed E-state index contributed by atoms with van der Waals surface area (Å²) in [6.45, 7) is 2.60. The van der Waals surface area contributed by atoms with Crippen LogP contribution in [0.25, 0.3) is 11.1 Å². The number of carboxylic acid groups (broad SMARTS) is 1. The number of alkyl carbamates (subject to hydrolysis) is 1. The number of hydrogen-bond acceptors (Lipinski definition) is 6. The lowest BCUT2D eigenvalue weighted by atomic mass is 9.98. The lowest BCUT2D eigenvalue weighted by Crippen LogP contribution is -2.43. The Labute approximate surface area is 280 Å². The van der Waals surface area contributed by atoms with Crippen LogP contribution in [0.1, 0.15) is 127 Å². The average Bonchev–Trinajstić information content (AvgIpc) is 3.38. The van der Waals surface area contributed by atoms with Crippen LogP contribution in [0, 0.1) is 0 Å². The van der Waals surface area contributed by atoms with Crippen LogP contribution < -0.4 is 5.32 Å². The van der Waals surface area contributed by atoms with Crippen molar-refractivity contribution in [1.82, 2.24) is 5.32 Å². The molecule has 46 heavy (non-hydrogen) atoms. The van der Waals surface area contributed by atoms with Crippen LogP contribution in [0.15, 0.2) is 48.5 Å². The van der Waals surface area contributed by atoms with E-state index in [-0.39, 0.29) is 30.9 Å². The van der Waals surface area contributed by atoms with Crippen molar-refractivity contribution in [2.75, 3.05) is 24.7 Å². The molecule has 1 amide bonds. The van der Waals surface area contributed by atoms with Gasteiger partial charge in [0, 0.05) is 23.8 Å². The highest BCUT2D eigenvalue weighted by Gasteiger charge is 2.29. The normalized spacial score (nSPS) is 12.7. The highest BCUT2D eigenvalue weighted by Crippen LogP contribution is 2.44. The Morgan fingerprint density at radius 3 is 1.76 bits per heavy atom. The second-order valence-corrected chi connectivity index (χ2v) is 13.5. The molecule has 8 heteroatoms. The lowest BCUT2D eigenvalue weighted by Gasteiger charge is -2.17. The maximum absolute atomic E-state index is 12.5. The van der Waals surface area contributed by atoms with E-state index in [1.54, 1.807) is 0 Å². The number of esters is 1. The largest absolute Gasteiger partial charge is 0.480 e. The molecular weight excluding hydrogens is 598 g/mol. The van der Waals surface area contributed by atoms with Crippen LogP contribution in [0.5, 0.6) is 0 Å². The SMILES string of the molecule is CCCCCCCCCCCCCCCCCC(=O)OCCSC[C@H](NC(=O)OCC1c2ccccc2-c2ccccc21)C(=O)O. The first-order valence-corrected chi connectivity index (χ1v) is 18.7. The summed E-state index contributed by atoms with van der Waals surface area (Å²) < 4.78 is 10.8. The third-order valence-electron chi connectivity index (χ3n) is 8.69. The third-order valence-corrected chi connectivity index (χ3v) is 9.72. The Morgan fingerprint density at radius 1 is 0.739 bits per heavy atom. The minimum absolute atomic E-state index is 0.0974. The number of hydrogen-bond donors (Lipinski definition) is 2. The monoisotopic (exact) mass is 653 g/mol. The quantitative estimate of drug-likeness (QED) is 0.0813. The zero-order valence-corrected chi connectivity index (χ0v) is 28.6. The van der Waals surface area contributed by atoms with Gasteiger partial charge in [0.1, 0.15) is 19.3 Å². The number of rotatable bonds is 25. The second-order valence-electron chi connectivity index (χ2n) is 12.4. The molecule has 1 aliphatic rings. The summed E-state index contributed by atoms with van der Waals surface area (Å²) in [6, 6.07) is 15.0. The highest BCUT2D eigenvalue weighted by molar-refractivity contribution is 7.99. The summed E-state index contributed by atoms with van der Waals surface area (Å²) >= 11 is 1.32. The first-order valence-electron chi connectivity index (χ1n) is 17.6. The predicted molar refractivity (Wildman–Crippen MR) is 187 cm³/mol. The molecule has 254 valence electrons. The van der Waals surface area contributed by atoms with Gasteiger partial charge < -0.3 is 19.9 Å². The second kappa shape index (κ2) is 22.5. The number of carboxylic acids is 1. The van der Waals surface area contributed by atoms with E-state index in [1.807, 2.05) is 36.4 Å². The zero-order chi connectivity index (χ0) is 32.8. The van der Waals surface area contributed by atoms with Gasteiger partial charge >= 0.3 is 18.0 Å². The molecule has 3 rings (SSSR count). The maximum Gasteiger partial charge on any atom is 0.407 e. The molecule has 0 heterocycles. The number of unbranched alkanes of at least 4 members (excludes halogenated alkanes) is 14. The van der Waals surface area contributed by atoms with Crippen molar-refractivity contribution in [2.45, 2.75) is 122 Å². The van der Waals surface area contributed by atoms with Gasteiger partial charge in [0.05, 0.1) is 0 Å². The molecule has 0 saturated carbocycles. The summed E-state index contributed by atoms with van der Waals surface area (Å²) in [4.78, 5) is 36.3. The molecule has 0 spiro atoms. The lowest BCUT2D eigenvalue weighted by molar-refractivity contribution is -0.143. The van der Waals surface area contributed by atoms with E-state index in [2.05, 4.69) is 24.4 Å². The van der Waals surface area contributed by atoms with Crippen LogP contribution >= 0.6 is 11.8 Å². The number of ether oxygens (including phenoxy) is 2. The number of thioether (sulfide) groups is 1. The summed E-state index contributed by atoms with van der Waals surface area (Å²) in [6.07, 6.45) is 18.9. The summed E-state index contributed by atoms with van der Waals surface area (Å²) in [5, 5.41) is 12.1. The number of nitrogens with one attached hydrogen (secondary N) is 1. The van der Waals surface area contributed by atoms with Crippen molar-refractivity contribution in [3.8, 4) is 11.1 Å². The fourth-order valence-corrected chi connectivity index (χ4v) is 6.91. The predicted octanol–water partition coefficient (Wildman–Crippen LogP) is 9.52. The van der Waals surface area contributed by atoms with E-state index >= 15 is 0 Å². The molecule has 0 aromatic heterocycles. The van der Waals surface area contributed by atoms with E-state index in [0.29, 0.717) is 12.2 Å². The van der Waals surface area contributed by atoms with Crippen molar-refractivity contribution in [3.05, 3.63) is 59.7 Å². The Balaban J connectivity index is 1.17. The molecule has 0 unspecified atom stereocenters. The Morgan fingerprint density at radius 2 is 1.24 bits per heavy atom. The minimum atomic E-state index is -1.13. The van der Waals surface area contributed by atoms with Gasteiger partial charge in [0.2, 0.25) is 0 Å².